The second kappa shape index (κ2) is 12.2. The molecule has 1 saturated carbocycles. The topological polar surface area (TPSA) is 74.8 Å². The highest BCUT2D eigenvalue weighted by atomic mass is 127. The van der Waals surface area contributed by atoms with Crippen molar-refractivity contribution in [3.8, 4) is 5.75 Å². The maximum atomic E-state index is 11.8. The van der Waals surface area contributed by atoms with Crippen LogP contribution in [0.3, 0.4) is 0 Å². The van der Waals surface area contributed by atoms with E-state index >= 15 is 0 Å². The van der Waals surface area contributed by atoms with Crippen LogP contribution >= 0.6 is 24.0 Å². The normalized spacial score (nSPS) is 15.1. The second-order valence-electron chi connectivity index (χ2n) is 8.85. The Bertz CT molecular complexity index is 669. The summed E-state index contributed by atoms with van der Waals surface area (Å²) in [7, 11) is 1.78. The van der Waals surface area contributed by atoms with Crippen LogP contribution in [0, 0.1) is 5.41 Å². The number of benzene rings is 1. The fraction of sp³-hybridized carbons (Fsp3) is 0.636. The summed E-state index contributed by atoms with van der Waals surface area (Å²) in [6.45, 7) is 9.66. The summed E-state index contributed by atoms with van der Waals surface area (Å²) in [6.07, 6.45) is 4.41. The van der Waals surface area contributed by atoms with Crippen LogP contribution < -0.4 is 20.7 Å². The lowest BCUT2D eigenvalue weighted by Gasteiger charge is -2.23. The van der Waals surface area contributed by atoms with Crippen molar-refractivity contribution in [1.29, 1.82) is 0 Å². The fourth-order valence-electron chi connectivity index (χ4n) is 2.73. The highest BCUT2D eigenvalue weighted by Gasteiger charge is 2.23. The molecule has 29 heavy (non-hydrogen) atoms. The van der Waals surface area contributed by atoms with Gasteiger partial charge < -0.3 is 20.7 Å². The van der Waals surface area contributed by atoms with Gasteiger partial charge in [-0.1, -0.05) is 32.9 Å². The van der Waals surface area contributed by atoms with Gasteiger partial charge in [0.05, 0.1) is 0 Å². The monoisotopic (exact) mass is 516 g/mol. The van der Waals surface area contributed by atoms with Gasteiger partial charge in [-0.15, -0.1) is 24.0 Å². The number of halogens is 1. The smallest absolute Gasteiger partial charge is 0.258 e. The van der Waals surface area contributed by atoms with Crippen LogP contribution in [0.2, 0.25) is 0 Å². The third kappa shape index (κ3) is 11.3. The maximum absolute atomic E-state index is 11.8. The van der Waals surface area contributed by atoms with Gasteiger partial charge in [-0.3, -0.25) is 9.79 Å². The molecular formula is C22H37IN4O2. The van der Waals surface area contributed by atoms with Gasteiger partial charge in [0, 0.05) is 25.7 Å². The van der Waals surface area contributed by atoms with Gasteiger partial charge in [0.15, 0.2) is 12.6 Å². The number of carbonyl (C=O) groups excluding carboxylic acids is 1. The molecule has 0 bridgehead atoms. The predicted molar refractivity (Wildman–Crippen MR) is 130 cm³/mol. The van der Waals surface area contributed by atoms with Gasteiger partial charge in [0.1, 0.15) is 5.75 Å². The van der Waals surface area contributed by atoms with E-state index in [1.165, 1.54) is 0 Å². The number of hydrogen-bond donors (Lipinski definition) is 3. The largest absolute Gasteiger partial charge is 0.484 e. The zero-order valence-corrected chi connectivity index (χ0v) is 20.7. The molecule has 1 aromatic rings. The van der Waals surface area contributed by atoms with Crippen molar-refractivity contribution in [3.63, 3.8) is 0 Å². The van der Waals surface area contributed by atoms with Crippen LogP contribution in [0.4, 0.5) is 0 Å². The number of amides is 1. The summed E-state index contributed by atoms with van der Waals surface area (Å²) >= 11 is 0. The minimum Gasteiger partial charge on any atom is -0.484 e. The number of nitrogens with zero attached hydrogens (tertiary/aromatic N) is 1. The van der Waals surface area contributed by atoms with Gasteiger partial charge in [-0.2, -0.15) is 0 Å². The van der Waals surface area contributed by atoms with E-state index in [0.29, 0.717) is 29.8 Å². The van der Waals surface area contributed by atoms with Gasteiger partial charge >= 0.3 is 0 Å². The first-order chi connectivity index (χ1) is 13.2. The predicted octanol–water partition coefficient (Wildman–Crippen LogP) is 3.84. The van der Waals surface area contributed by atoms with Crippen molar-refractivity contribution in [3.05, 3.63) is 29.8 Å². The molecule has 1 aliphatic carbocycles. The SMILES string of the molecule is CN=C(NCc1cccc(OCC(=O)NC2CC2)c1)NC(C)CCC(C)(C)C.I. The lowest BCUT2D eigenvalue weighted by molar-refractivity contribution is -0.123. The molecule has 1 unspecified atom stereocenters. The Morgan fingerprint density at radius 2 is 2.03 bits per heavy atom. The van der Waals surface area contributed by atoms with Crippen LogP contribution in [0.15, 0.2) is 29.3 Å². The zero-order valence-electron chi connectivity index (χ0n) is 18.4. The summed E-state index contributed by atoms with van der Waals surface area (Å²) in [4.78, 5) is 16.1. The van der Waals surface area contributed by atoms with E-state index in [1.54, 1.807) is 7.05 Å². The minimum atomic E-state index is -0.0557. The van der Waals surface area contributed by atoms with Crippen LogP contribution in [0.1, 0.15) is 58.9 Å². The number of aliphatic imine (C=N–C) groups is 1. The molecule has 1 aliphatic rings. The lowest BCUT2D eigenvalue weighted by Crippen LogP contribution is -2.42. The molecular weight excluding hydrogens is 479 g/mol. The first kappa shape index (κ1) is 25.5. The van der Waals surface area contributed by atoms with Gasteiger partial charge in [-0.25, -0.2) is 0 Å². The molecule has 2 rings (SSSR count). The third-order valence-electron chi connectivity index (χ3n) is 4.60. The molecule has 0 spiro atoms. The third-order valence-corrected chi connectivity index (χ3v) is 4.60. The average Bonchev–Trinajstić information content (AvgIpc) is 3.45. The van der Waals surface area contributed by atoms with Crippen molar-refractivity contribution in [2.75, 3.05) is 13.7 Å². The molecule has 0 aromatic heterocycles. The number of carbonyl (C=O) groups is 1. The van der Waals surface area contributed by atoms with Crippen LogP contribution in [0.5, 0.6) is 5.75 Å². The van der Waals surface area contributed by atoms with Crippen molar-refractivity contribution >= 4 is 35.8 Å². The molecule has 0 saturated heterocycles. The molecule has 1 atom stereocenters. The average molecular weight is 516 g/mol. The quantitative estimate of drug-likeness (QED) is 0.265. The molecule has 164 valence electrons. The van der Waals surface area contributed by atoms with Crippen LogP contribution in [-0.2, 0) is 11.3 Å². The number of rotatable bonds is 9. The first-order valence-electron chi connectivity index (χ1n) is 10.2. The molecule has 3 N–H and O–H groups in total. The molecule has 6 nitrogen and oxygen atoms in total. The number of hydrogen-bond acceptors (Lipinski definition) is 3. The highest BCUT2D eigenvalue weighted by Crippen LogP contribution is 2.21. The summed E-state index contributed by atoms with van der Waals surface area (Å²) in [5.41, 5.74) is 1.41. The van der Waals surface area contributed by atoms with E-state index < -0.39 is 0 Å². The fourth-order valence-corrected chi connectivity index (χ4v) is 2.73. The maximum Gasteiger partial charge on any atom is 0.258 e. The Hall–Kier alpha value is -1.51. The molecule has 0 aliphatic heterocycles. The standard InChI is InChI=1S/C22H36N4O2.HI/c1-16(11-12-22(2,3)4)25-21(23-5)24-14-17-7-6-8-19(13-17)28-15-20(27)26-18-9-10-18;/h6-8,13,16,18H,9-12,14-15H2,1-5H3,(H,26,27)(H2,23,24,25);1H. The van der Waals surface area contributed by atoms with E-state index in [9.17, 15) is 4.79 Å². The molecule has 1 aromatic carbocycles. The second-order valence-corrected chi connectivity index (χ2v) is 8.85. The Balaban J connectivity index is 0.00000420. The Morgan fingerprint density at radius 1 is 1.31 bits per heavy atom. The Morgan fingerprint density at radius 3 is 2.66 bits per heavy atom. The molecule has 1 amide bonds. The molecule has 1 fully saturated rings. The Labute approximate surface area is 192 Å². The minimum absolute atomic E-state index is 0. The van der Waals surface area contributed by atoms with E-state index in [4.69, 9.17) is 4.74 Å². The summed E-state index contributed by atoms with van der Waals surface area (Å²) in [5.74, 6) is 1.43. The van der Waals surface area contributed by atoms with Crippen LogP contribution in [-0.4, -0.2) is 37.6 Å². The summed E-state index contributed by atoms with van der Waals surface area (Å²) in [6, 6.07) is 8.50. The van der Waals surface area contributed by atoms with Crippen LogP contribution in [0.25, 0.3) is 0 Å². The molecule has 0 radical (unpaired) electrons. The molecule has 0 heterocycles. The summed E-state index contributed by atoms with van der Waals surface area (Å²) in [5, 5.41) is 9.71. The first-order valence-corrected chi connectivity index (χ1v) is 10.2. The van der Waals surface area contributed by atoms with Crippen molar-refractivity contribution in [2.24, 2.45) is 10.4 Å². The lowest BCUT2D eigenvalue weighted by atomic mass is 9.89. The van der Waals surface area contributed by atoms with E-state index in [-0.39, 0.29) is 36.5 Å². The van der Waals surface area contributed by atoms with E-state index in [1.807, 2.05) is 24.3 Å². The van der Waals surface area contributed by atoms with Crippen molar-refractivity contribution in [2.45, 2.75) is 72.0 Å². The number of nitrogens with one attached hydrogen (secondary N) is 3. The van der Waals surface area contributed by atoms with Gasteiger partial charge in [-0.05, 0) is 55.7 Å². The summed E-state index contributed by atoms with van der Waals surface area (Å²) < 4.78 is 5.61. The Kier molecular flexibility index (Phi) is 10.8. The molecule has 7 heteroatoms. The van der Waals surface area contributed by atoms with Gasteiger partial charge in [0.25, 0.3) is 5.91 Å². The van der Waals surface area contributed by atoms with Crippen molar-refractivity contribution < 1.29 is 9.53 Å². The van der Waals surface area contributed by atoms with E-state index in [0.717, 1.165) is 37.2 Å². The van der Waals surface area contributed by atoms with Crippen molar-refractivity contribution in [1.82, 2.24) is 16.0 Å². The number of guanidine groups is 1. The number of ether oxygens (including phenoxy) is 1. The van der Waals surface area contributed by atoms with E-state index in [2.05, 4.69) is 48.6 Å². The van der Waals surface area contributed by atoms with Gasteiger partial charge in [0.2, 0.25) is 0 Å². The highest BCUT2D eigenvalue weighted by molar-refractivity contribution is 14.0. The zero-order chi connectivity index (χ0) is 20.6.